The Morgan fingerprint density at radius 3 is 2.61 bits per heavy atom. The van der Waals surface area contributed by atoms with Crippen molar-refractivity contribution in [2.75, 3.05) is 23.1 Å². The van der Waals surface area contributed by atoms with Gasteiger partial charge in [-0.15, -0.1) is 0 Å². The van der Waals surface area contributed by atoms with E-state index in [2.05, 4.69) is 18.5 Å². The monoisotopic (exact) mass is 289 g/mol. The number of nitrogen functional groups attached to an aromatic ring is 1. The van der Waals surface area contributed by atoms with E-state index < -0.39 is 10.0 Å². The first kappa shape index (κ1) is 15.1. The highest BCUT2D eigenvalue weighted by Crippen LogP contribution is 2.22. The van der Waals surface area contributed by atoms with E-state index in [1.165, 1.54) is 6.07 Å². The second-order valence-corrected chi connectivity index (χ2v) is 6.64. The number of nitrogens with one attached hydrogen (secondary N) is 1. The smallest absolute Gasteiger partial charge is 0.240 e. The Morgan fingerprint density at radius 1 is 1.44 bits per heavy atom. The van der Waals surface area contributed by atoms with E-state index >= 15 is 0 Å². The van der Waals surface area contributed by atoms with Gasteiger partial charge in [0.25, 0.3) is 0 Å². The molecule has 0 aliphatic carbocycles. The molecule has 0 bridgehead atoms. The fraction of sp³-hybridized carbons (Fsp3) is 0.455. The number of thioether (sulfide) groups is 1. The van der Waals surface area contributed by atoms with Crippen molar-refractivity contribution in [3.63, 3.8) is 0 Å². The zero-order valence-corrected chi connectivity index (χ0v) is 12.1. The summed E-state index contributed by atoms with van der Waals surface area (Å²) in [4.78, 5) is -0.0372. The SMILES string of the molecule is CSCCC(C)Nc1ccc(S(N)(=O)=O)c(N)c1. The Labute approximate surface area is 112 Å². The summed E-state index contributed by atoms with van der Waals surface area (Å²) in [6.07, 6.45) is 3.09. The molecule has 18 heavy (non-hydrogen) atoms. The fourth-order valence-electron chi connectivity index (χ4n) is 1.55. The van der Waals surface area contributed by atoms with Crippen LogP contribution >= 0.6 is 11.8 Å². The minimum atomic E-state index is -3.75. The maximum absolute atomic E-state index is 11.2. The average molecular weight is 289 g/mol. The number of nitrogens with two attached hydrogens (primary N) is 2. The largest absolute Gasteiger partial charge is 0.398 e. The minimum Gasteiger partial charge on any atom is -0.398 e. The minimum absolute atomic E-state index is 0.0372. The number of hydrogen-bond acceptors (Lipinski definition) is 5. The van der Waals surface area contributed by atoms with E-state index in [9.17, 15) is 8.42 Å². The van der Waals surface area contributed by atoms with E-state index in [1.54, 1.807) is 23.9 Å². The molecule has 0 aromatic heterocycles. The molecule has 1 aromatic carbocycles. The number of sulfonamides is 1. The van der Waals surface area contributed by atoms with Crippen LogP contribution in [-0.4, -0.2) is 26.5 Å². The Kier molecular flexibility index (Phi) is 5.30. The molecule has 5 N–H and O–H groups in total. The van der Waals surface area contributed by atoms with Crippen LogP contribution in [0.2, 0.25) is 0 Å². The molecule has 1 aromatic rings. The van der Waals surface area contributed by atoms with Crippen molar-refractivity contribution in [2.24, 2.45) is 5.14 Å². The highest BCUT2D eigenvalue weighted by molar-refractivity contribution is 7.98. The van der Waals surface area contributed by atoms with Gasteiger partial charge in [-0.05, 0) is 43.6 Å². The molecule has 7 heteroatoms. The molecule has 0 heterocycles. The molecule has 0 aliphatic heterocycles. The molecule has 102 valence electrons. The lowest BCUT2D eigenvalue weighted by molar-refractivity contribution is 0.598. The number of primary sulfonamides is 1. The van der Waals surface area contributed by atoms with E-state index in [-0.39, 0.29) is 10.6 Å². The van der Waals surface area contributed by atoms with Gasteiger partial charge in [0.05, 0.1) is 5.69 Å². The molecule has 1 atom stereocenters. The predicted molar refractivity (Wildman–Crippen MR) is 78.3 cm³/mol. The highest BCUT2D eigenvalue weighted by Gasteiger charge is 2.12. The Morgan fingerprint density at radius 2 is 2.11 bits per heavy atom. The first-order valence-corrected chi connectivity index (χ1v) is 8.46. The summed E-state index contributed by atoms with van der Waals surface area (Å²) in [6.45, 7) is 2.07. The summed E-state index contributed by atoms with van der Waals surface area (Å²) in [6, 6.07) is 4.99. The molecule has 0 saturated carbocycles. The van der Waals surface area contributed by atoms with Crippen molar-refractivity contribution < 1.29 is 8.42 Å². The summed E-state index contributed by atoms with van der Waals surface area (Å²) in [7, 11) is -3.75. The standard InChI is InChI=1S/C11H19N3O2S2/c1-8(5-6-17-2)14-9-3-4-11(10(12)7-9)18(13,15)16/h3-4,7-8,14H,5-6,12H2,1-2H3,(H2,13,15,16). The van der Waals surface area contributed by atoms with Crippen LogP contribution in [0.5, 0.6) is 0 Å². The second-order valence-electron chi connectivity index (χ2n) is 4.12. The quantitative estimate of drug-likeness (QED) is 0.689. The molecule has 1 rings (SSSR count). The summed E-state index contributed by atoms with van der Waals surface area (Å²) < 4.78 is 22.4. The van der Waals surface area contributed by atoms with Gasteiger partial charge in [-0.1, -0.05) is 0 Å². The average Bonchev–Trinajstić information content (AvgIpc) is 2.24. The van der Waals surface area contributed by atoms with Crippen LogP contribution in [0.25, 0.3) is 0 Å². The van der Waals surface area contributed by atoms with Gasteiger partial charge in [-0.3, -0.25) is 0 Å². The lowest BCUT2D eigenvalue weighted by Gasteiger charge is -2.15. The molecule has 0 amide bonds. The predicted octanol–water partition coefficient (Wildman–Crippen LogP) is 1.47. The van der Waals surface area contributed by atoms with Crippen LogP contribution in [0.3, 0.4) is 0 Å². The summed E-state index contributed by atoms with van der Waals surface area (Å²) in [5, 5.41) is 8.31. The summed E-state index contributed by atoms with van der Waals surface area (Å²) >= 11 is 1.79. The first-order chi connectivity index (χ1) is 8.34. The summed E-state index contributed by atoms with van der Waals surface area (Å²) in [5.41, 5.74) is 6.65. The van der Waals surface area contributed by atoms with Gasteiger partial charge in [0.1, 0.15) is 4.90 Å². The third-order valence-corrected chi connectivity index (χ3v) is 4.11. The van der Waals surface area contributed by atoms with Gasteiger partial charge >= 0.3 is 0 Å². The van der Waals surface area contributed by atoms with Crippen LogP contribution < -0.4 is 16.2 Å². The van der Waals surface area contributed by atoms with Crippen molar-refractivity contribution in [3.8, 4) is 0 Å². The fourth-order valence-corrected chi connectivity index (χ4v) is 2.78. The van der Waals surface area contributed by atoms with Gasteiger partial charge in [-0.25, -0.2) is 13.6 Å². The normalized spacial score (nSPS) is 13.3. The molecular weight excluding hydrogens is 270 g/mol. The molecule has 0 spiro atoms. The molecule has 0 aliphatic rings. The molecule has 5 nitrogen and oxygen atoms in total. The molecule has 0 radical (unpaired) electrons. The van der Waals surface area contributed by atoms with Gasteiger partial charge in [0, 0.05) is 11.7 Å². The van der Waals surface area contributed by atoms with Gasteiger partial charge in [0.2, 0.25) is 10.0 Å². The van der Waals surface area contributed by atoms with Crippen molar-refractivity contribution >= 4 is 33.2 Å². The topological polar surface area (TPSA) is 98.2 Å². The van der Waals surface area contributed by atoms with Crippen LogP contribution in [-0.2, 0) is 10.0 Å². The summed E-state index contributed by atoms with van der Waals surface area (Å²) in [5.74, 6) is 1.07. The first-order valence-electron chi connectivity index (χ1n) is 5.52. The van der Waals surface area contributed by atoms with Crippen LogP contribution in [0.15, 0.2) is 23.1 Å². The lowest BCUT2D eigenvalue weighted by atomic mass is 10.2. The molecular formula is C11H19N3O2S2. The Hall–Kier alpha value is -0.920. The zero-order chi connectivity index (χ0) is 13.8. The zero-order valence-electron chi connectivity index (χ0n) is 10.5. The number of rotatable bonds is 6. The van der Waals surface area contributed by atoms with E-state index in [1.807, 2.05) is 0 Å². The molecule has 0 saturated heterocycles. The van der Waals surface area contributed by atoms with Crippen LogP contribution in [0.1, 0.15) is 13.3 Å². The Balaban J connectivity index is 2.79. The maximum Gasteiger partial charge on any atom is 0.240 e. The van der Waals surface area contributed by atoms with Gasteiger partial charge < -0.3 is 11.1 Å². The van der Waals surface area contributed by atoms with E-state index in [4.69, 9.17) is 10.9 Å². The number of hydrogen-bond donors (Lipinski definition) is 3. The van der Waals surface area contributed by atoms with E-state index in [0.29, 0.717) is 6.04 Å². The second kappa shape index (κ2) is 6.31. The maximum atomic E-state index is 11.2. The number of anilines is 2. The van der Waals surface area contributed by atoms with E-state index in [0.717, 1.165) is 17.9 Å². The molecule has 0 fully saturated rings. The van der Waals surface area contributed by atoms with Crippen molar-refractivity contribution in [3.05, 3.63) is 18.2 Å². The third-order valence-electron chi connectivity index (χ3n) is 2.48. The van der Waals surface area contributed by atoms with Crippen LogP contribution in [0, 0.1) is 0 Å². The highest BCUT2D eigenvalue weighted by atomic mass is 32.2. The van der Waals surface area contributed by atoms with Crippen molar-refractivity contribution in [1.29, 1.82) is 0 Å². The number of benzene rings is 1. The van der Waals surface area contributed by atoms with Gasteiger partial charge in [0.15, 0.2) is 0 Å². The van der Waals surface area contributed by atoms with Crippen molar-refractivity contribution in [1.82, 2.24) is 0 Å². The van der Waals surface area contributed by atoms with Crippen molar-refractivity contribution in [2.45, 2.75) is 24.3 Å². The lowest BCUT2D eigenvalue weighted by Crippen LogP contribution is -2.17. The Bertz CT molecular complexity index is 503. The third kappa shape index (κ3) is 4.40. The molecule has 1 unspecified atom stereocenters. The van der Waals surface area contributed by atoms with Gasteiger partial charge in [-0.2, -0.15) is 11.8 Å². The van der Waals surface area contributed by atoms with Crippen LogP contribution in [0.4, 0.5) is 11.4 Å².